The summed E-state index contributed by atoms with van der Waals surface area (Å²) in [7, 11) is 0. The lowest BCUT2D eigenvalue weighted by molar-refractivity contribution is -0.118. The SMILES string of the molecule is CC1(C)CC(=O)C2=C(C1)c1c(ccc3ccccc13)N[C@@H]2c1cc(Cl)ccc1OCc1ccccc1. The molecule has 0 bridgehead atoms. The molecule has 0 fully saturated rings. The summed E-state index contributed by atoms with van der Waals surface area (Å²) in [5.41, 5.74) is 6.03. The van der Waals surface area contributed by atoms with E-state index in [-0.39, 0.29) is 17.2 Å². The van der Waals surface area contributed by atoms with Crippen LogP contribution in [0.25, 0.3) is 16.3 Å². The van der Waals surface area contributed by atoms with Gasteiger partial charge in [-0.2, -0.15) is 0 Å². The Balaban J connectivity index is 1.51. The number of Topliss-reactive ketones (excluding diaryl/α,β-unsaturated/α-hetero) is 1. The lowest BCUT2D eigenvalue weighted by Crippen LogP contribution is -2.33. The molecule has 0 unspecified atom stereocenters. The van der Waals surface area contributed by atoms with Crippen molar-refractivity contribution < 1.29 is 9.53 Å². The van der Waals surface area contributed by atoms with Crippen LogP contribution in [0, 0.1) is 5.41 Å². The molecule has 1 aliphatic heterocycles. The lowest BCUT2D eigenvalue weighted by atomic mass is 9.68. The standard InChI is InChI=1S/C32H28ClNO2/c1-32(2)17-25-29-23-11-7-6-10-21(23)12-14-26(29)34-31(30(25)27(35)18-32)24-16-22(33)13-15-28(24)36-19-20-8-4-3-5-9-20/h3-16,31,34H,17-19H2,1-2H3/t31-/m1/s1. The molecule has 1 atom stereocenters. The Hall–Kier alpha value is -3.56. The molecule has 36 heavy (non-hydrogen) atoms. The number of anilines is 1. The third-order valence-corrected chi connectivity index (χ3v) is 7.49. The van der Waals surface area contributed by atoms with Crippen LogP contribution < -0.4 is 10.1 Å². The zero-order valence-corrected chi connectivity index (χ0v) is 21.2. The van der Waals surface area contributed by atoms with E-state index in [2.05, 4.69) is 55.6 Å². The van der Waals surface area contributed by atoms with Crippen molar-refractivity contribution in [1.82, 2.24) is 0 Å². The van der Waals surface area contributed by atoms with Gasteiger partial charge in [-0.3, -0.25) is 4.79 Å². The Labute approximate surface area is 216 Å². The van der Waals surface area contributed by atoms with E-state index in [0.29, 0.717) is 18.1 Å². The van der Waals surface area contributed by atoms with Crippen LogP contribution in [0.5, 0.6) is 5.75 Å². The second kappa shape index (κ2) is 8.83. The van der Waals surface area contributed by atoms with Gasteiger partial charge in [0.15, 0.2) is 5.78 Å². The van der Waals surface area contributed by atoms with Gasteiger partial charge in [0.25, 0.3) is 0 Å². The number of hydrogen-bond donors (Lipinski definition) is 1. The van der Waals surface area contributed by atoms with Crippen LogP contribution in [-0.2, 0) is 11.4 Å². The third kappa shape index (κ3) is 4.08. The monoisotopic (exact) mass is 493 g/mol. The van der Waals surface area contributed by atoms with Gasteiger partial charge in [0.2, 0.25) is 0 Å². The molecule has 4 aromatic rings. The quantitative estimate of drug-likeness (QED) is 0.310. The van der Waals surface area contributed by atoms with Crippen molar-refractivity contribution in [1.29, 1.82) is 0 Å². The third-order valence-electron chi connectivity index (χ3n) is 7.26. The molecular formula is C32H28ClNO2. The van der Waals surface area contributed by atoms with Gasteiger partial charge >= 0.3 is 0 Å². The molecule has 1 N–H and O–H groups in total. The molecule has 4 aromatic carbocycles. The highest BCUT2D eigenvalue weighted by Gasteiger charge is 2.41. The number of carbonyl (C=O) groups excluding carboxylic acids is 1. The van der Waals surface area contributed by atoms with Crippen LogP contribution in [-0.4, -0.2) is 5.78 Å². The van der Waals surface area contributed by atoms with Crippen LogP contribution in [0.1, 0.15) is 49.4 Å². The highest BCUT2D eigenvalue weighted by Crippen LogP contribution is 2.53. The van der Waals surface area contributed by atoms with E-state index in [1.165, 1.54) is 10.8 Å². The van der Waals surface area contributed by atoms with Gasteiger partial charge in [0.1, 0.15) is 12.4 Å². The molecule has 0 saturated heterocycles. The molecule has 1 aliphatic carbocycles. The first-order valence-electron chi connectivity index (χ1n) is 12.4. The number of ether oxygens (including phenoxy) is 1. The molecular weight excluding hydrogens is 466 g/mol. The van der Waals surface area contributed by atoms with E-state index in [1.54, 1.807) is 0 Å². The number of nitrogens with one attached hydrogen (secondary N) is 1. The average molecular weight is 494 g/mol. The number of ketones is 1. The highest BCUT2D eigenvalue weighted by atomic mass is 35.5. The minimum absolute atomic E-state index is 0.104. The van der Waals surface area contributed by atoms with E-state index in [9.17, 15) is 4.79 Å². The van der Waals surface area contributed by atoms with E-state index < -0.39 is 0 Å². The highest BCUT2D eigenvalue weighted by molar-refractivity contribution is 6.30. The van der Waals surface area contributed by atoms with Crippen molar-refractivity contribution >= 4 is 39.4 Å². The van der Waals surface area contributed by atoms with E-state index >= 15 is 0 Å². The van der Waals surface area contributed by atoms with Crippen molar-refractivity contribution in [2.24, 2.45) is 5.41 Å². The first kappa shape index (κ1) is 22.9. The number of carbonyl (C=O) groups is 1. The number of benzene rings is 4. The normalized spacial score (nSPS) is 18.4. The Kier molecular flexibility index (Phi) is 5.61. The summed E-state index contributed by atoms with van der Waals surface area (Å²) in [6.07, 6.45) is 1.36. The summed E-state index contributed by atoms with van der Waals surface area (Å²) < 4.78 is 6.31. The average Bonchev–Trinajstić information content (AvgIpc) is 2.87. The van der Waals surface area contributed by atoms with Crippen molar-refractivity contribution in [2.75, 3.05) is 5.32 Å². The molecule has 0 radical (unpaired) electrons. The van der Waals surface area contributed by atoms with Crippen molar-refractivity contribution in [3.63, 3.8) is 0 Å². The van der Waals surface area contributed by atoms with Crippen LogP contribution in [0.2, 0.25) is 5.02 Å². The Bertz CT molecular complexity index is 1520. The molecule has 1 heterocycles. The zero-order valence-electron chi connectivity index (χ0n) is 20.5. The zero-order chi connectivity index (χ0) is 24.9. The van der Waals surface area contributed by atoms with Crippen LogP contribution in [0.15, 0.2) is 90.5 Å². The van der Waals surface area contributed by atoms with E-state index in [1.807, 2.05) is 48.5 Å². The summed E-state index contributed by atoms with van der Waals surface area (Å²) in [5.74, 6) is 0.917. The summed E-state index contributed by atoms with van der Waals surface area (Å²) in [6.45, 7) is 4.81. The minimum atomic E-state index is -0.332. The Morgan fingerprint density at radius 2 is 1.72 bits per heavy atom. The second-order valence-electron chi connectivity index (χ2n) is 10.6. The lowest BCUT2D eigenvalue weighted by Gasteiger charge is -2.40. The van der Waals surface area contributed by atoms with Crippen molar-refractivity contribution in [3.05, 3.63) is 112 Å². The first-order chi connectivity index (χ1) is 17.4. The summed E-state index contributed by atoms with van der Waals surface area (Å²) in [6, 6.07) is 28.1. The molecule has 0 saturated carbocycles. The molecule has 2 aliphatic rings. The van der Waals surface area contributed by atoms with Crippen molar-refractivity contribution in [2.45, 2.75) is 39.3 Å². The summed E-state index contributed by atoms with van der Waals surface area (Å²) >= 11 is 6.50. The van der Waals surface area contributed by atoms with Crippen LogP contribution in [0.4, 0.5) is 5.69 Å². The van der Waals surface area contributed by atoms with Gasteiger partial charge in [-0.05, 0) is 58.0 Å². The van der Waals surface area contributed by atoms with E-state index in [0.717, 1.165) is 45.7 Å². The number of halogens is 1. The number of allylic oxidation sites excluding steroid dienone is 1. The summed E-state index contributed by atoms with van der Waals surface area (Å²) in [5, 5.41) is 6.68. The molecule has 6 rings (SSSR count). The van der Waals surface area contributed by atoms with Gasteiger partial charge < -0.3 is 10.1 Å². The largest absolute Gasteiger partial charge is 0.489 e. The molecule has 0 aromatic heterocycles. The van der Waals surface area contributed by atoms with Gasteiger partial charge in [0, 0.05) is 33.8 Å². The van der Waals surface area contributed by atoms with Gasteiger partial charge in [-0.25, -0.2) is 0 Å². The fourth-order valence-corrected chi connectivity index (χ4v) is 5.86. The molecule has 180 valence electrons. The predicted octanol–water partition coefficient (Wildman–Crippen LogP) is 8.38. The Morgan fingerprint density at radius 1 is 0.944 bits per heavy atom. The van der Waals surface area contributed by atoms with Gasteiger partial charge in [-0.1, -0.05) is 86.1 Å². The maximum absolute atomic E-state index is 13.8. The number of rotatable bonds is 4. The first-order valence-corrected chi connectivity index (χ1v) is 12.8. The predicted molar refractivity (Wildman–Crippen MR) is 147 cm³/mol. The number of hydrogen-bond acceptors (Lipinski definition) is 3. The van der Waals surface area contributed by atoms with E-state index in [4.69, 9.17) is 16.3 Å². The topological polar surface area (TPSA) is 38.3 Å². The molecule has 4 heteroatoms. The van der Waals surface area contributed by atoms with Crippen LogP contribution in [0.3, 0.4) is 0 Å². The molecule has 3 nitrogen and oxygen atoms in total. The number of fused-ring (bicyclic) bond motifs is 4. The van der Waals surface area contributed by atoms with Crippen molar-refractivity contribution in [3.8, 4) is 5.75 Å². The maximum Gasteiger partial charge on any atom is 0.162 e. The van der Waals surface area contributed by atoms with Crippen LogP contribution >= 0.6 is 11.6 Å². The summed E-state index contributed by atoms with van der Waals surface area (Å²) in [4.78, 5) is 13.8. The maximum atomic E-state index is 13.8. The fraction of sp³-hybridized carbons (Fsp3) is 0.219. The molecule has 0 spiro atoms. The minimum Gasteiger partial charge on any atom is -0.489 e. The van der Waals surface area contributed by atoms with Gasteiger partial charge in [0.05, 0.1) is 6.04 Å². The smallest absolute Gasteiger partial charge is 0.162 e. The fourth-order valence-electron chi connectivity index (χ4n) is 5.68. The second-order valence-corrected chi connectivity index (χ2v) is 11.0. The molecule has 0 amide bonds. The van der Waals surface area contributed by atoms with Gasteiger partial charge in [-0.15, -0.1) is 0 Å². The Morgan fingerprint density at radius 3 is 2.56 bits per heavy atom.